The van der Waals surface area contributed by atoms with Gasteiger partial charge in [-0.15, -0.1) is 0 Å². The Hall–Kier alpha value is -3.56. The summed E-state index contributed by atoms with van der Waals surface area (Å²) in [5, 5.41) is 3.22. The number of nitrogens with zero attached hydrogens (tertiary/aromatic N) is 2. The minimum Gasteiger partial charge on any atom is -0.497 e. The first-order valence-corrected chi connectivity index (χ1v) is 14.4. The number of anilines is 1. The fourth-order valence-corrected chi connectivity index (χ4v) is 5.60. The van der Waals surface area contributed by atoms with Crippen molar-refractivity contribution < 1.29 is 22.7 Å². The zero-order valence-electron chi connectivity index (χ0n) is 22.6. The second kappa shape index (κ2) is 13.5. The maximum Gasteiger partial charge on any atom is 0.264 e. The highest BCUT2D eigenvalue weighted by Gasteiger charge is 2.33. The Bertz CT molecular complexity index is 1380. The van der Waals surface area contributed by atoms with Crippen LogP contribution >= 0.6 is 11.6 Å². The molecule has 0 aliphatic heterocycles. The van der Waals surface area contributed by atoms with E-state index in [2.05, 4.69) is 5.32 Å². The molecule has 2 amide bonds. The lowest BCUT2D eigenvalue weighted by Gasteiger charge is -2.32. The first-order chi connectivity index (χ1) is 18.6. The van der Waals surface area contributed by atoms with E-state index in [-0.39, 0.29) is 17.3 Å². The fourth-order valence-electron chi connectivity index (χ4n) is 4.00. The Balaban J connectivity index is 2.02. The summed E-state index contributed by atoms with van der Waals surface area (Å²) in [6.07, 6.45) is 0.741. The molecule has 0 spiro atoms. The second-order valence-corrected chi connectivity index (χ2v) is 11.4. The Morgan fingerprint density at radius 2 is 1.64 bits per heavy atom. The van der Waals surface area contributed by atoms with E-state index in [1.807, 2.05) is 6.92 Å². The third-order valence-electron chi connectivity index (χ3n) is 6.29. The van der Waals surface area contributed by atoms with Crippen molar-refractivity contribution in [3.63, 3.8) is 0 Å². The third kappa shape index (κ3) is 7.52. The van der Waals surface area contributed by atoms with E-state index >= 15 is 0 Å². The molecule has 0 unspecified atom stereocenters. The Labute approximate surface area is 235 Å². The number of sulfonamides is 1. The molecule has 39 heavy (non-hydrogen) atoms. The van der Waals surface area contributed by atoms with Crippen LogP contribution in [0.4, 0.5) is 5.69 Å². The number of hydrogen-bond donors (Lipinski definition) is 1. The molecule has 0 saturated heterocycles. The van der Waals surface area contributed by atoms with Gasteiger partial charge in [0.15, 0.2) is 0 Å². The molecular weight excluding hydrogens is 538 g/mol. The highest BCUT2D eigenvalue weighted by molar-refractivity contribution is 7.92. The molecule has 3 aromatic carbocycles. The monoisotopic (exact) mass is 571 g/mol. The topological polar surface area (TPSA) is 96.0 Å². The molecule has 0 aliphatic carbocycles. The maximum atomic E-state index is 13.9. The Kier molecular flexibility index (Phi) is 10.4. The third-order valence-corrected chi connectivity index (χ3v) is 8.32. The first-order valence-electron chi connectivity index (χ1n) is 12.6. The number of halogens is 1. The quantitative estimate of drug-likeness (QED) is 0.337. The Morgan fingerprint density at radius 3 is 2.23 bits per heavy atom. The van der Waals surface area contributed by atoms with Crippen LogP contribution in [0.5, 0.6) is 5.75 Å². The van der Waals surface area contributed by atoms with Crippen LogP contribution in [0.15, 0.2) is 77.7 Å². The molecule has 10 heteroatoms. The van der Waals surface area contributed by atoms with Crippen molar-refractivity contribution in [3.8, 4) is 5.75 Å². The van der Waals surface area contributed by atoms with Gasteiger partial charge >= 0.3 is 0 Å². The summed E-state index contributed by atoms with van der Waals surface area (Å²) in [6, 6.07) is 19.0. The smallest absolute Gasteiger partial charge is 0.264 e. The summed E-state index contributed by atoms with van der Waals surface area (Å²) in [5.41, 5.74) is 1.81. The number of aryl methyl sites for hydroxylation is 1. The average molecular weight is 572 g/mol. The van der Waals surface area contributed by atoms with Crippen molar-refractivity contribution in [1.29, 1.82) is 0 Å². The largest absolute Gasteiger partial charge is 0.497 e. The summed E-state index contributed by atoms with van der Waals surface area (Å²) < 4.78 is 34.0. The molecule has 208 valence electrons. The molecule has 8 nitrogen and oxygen atoms in total. The van der Waals surface area contributed by atoms with Crippen LogP contribution in [0, 0.1) is 6.92 Å². The van der Waals surface area contributed by atoms with Gasteiger partial charge in [0, 0.05) is 18.1 Å². The van der Waals surface area contributed by atoms with Crippen LogP contribution in [0.3, 0.4) is 0 Å². The van der Waals surface area contributed by atoms with E-state index in [0.717, 1.165) is 16.3 Å². The van der Waals surface area contributed by atoms with Crippen LogP contribution in [-0.4, -0.2) is 51.4 Å². The van der Waals surface area contributed by atoms with E-state index in [9.17, 15) is 18.0 Å². The summed E-state index contributed by atoms with van der Waals surface area (Å²) in [7, 11) is -2.59. The van der Waals surface area contributed by atoms with Crippen molar-refractivity contribution in [1.82, 2.24) is 10.2 Å². The van der Waals surface area contributed by atoms with Gasteiger partial charge in [-0.1, -0.05) is 48.9 Å². The van der Waals surface area contributed by atoms with Gasteiger partial charge in [0.25, 0.3) is 10.0 Å². The van der Waals surface area contributed by atoms with Crippen molar-refractivity contribution in [2.75, 3.05) is 24.5 Å². The van der Waals surface area contributed by atoms with E-state index in [0.29, 0.717) is 28.6 Å². The van der Waals surface area contributed by atoms with E-state index in [1.54, 1.807) is 69.5 Å². The maximum absolute atomic E-state index is 13.9. The van der Waals surface area contributed by atoms with Crippen LogP contribution in [0.25, 0.3) is 0 Å². The van der Waals surface area contributed by atoms with Gasteiger partial charge in [-0.3, -0.25) is 13.9 Å². The van der Waals surface area contributed by atoms with Crippen LogP contribution in [0.2, 0.25) is 5.02 Å². The predicted molar refractivity (Wildman–Crippen MR) is 153 cm³/mol. The number of methoxy groups -OCH3 is 1. The number of carbonyl (C=O) groups is 2. The highest BCUT2D eigenvalue weighted by Crippen LogP contribution is 2.28. The zero-order chi connectivity index (χ0) is 28.6. The van der Waals surface area contributed by atoms with Gasteiger partial charge in [-0.25, -0.2) is 8.42 Å². The summed E-state index contributed by atoms with van der Waals surface area (Å²) in [6.45, 7) is 5.42. The number of ether oxygens (including phenoxy) is 1. The summed E-state index contributed by atoms with van der Waals surface area (Å²) in [5.74, 6) is -0.183. The molecule has 0 heterocycles. The SMILES string of the molecule is CCCNC(=O)[C@@H](C)N(Cc1ccc(OC)cc1)C(=O)CN(c1ccccc1C)S(=O)(=O)c1ccc(Cl)cc1. The lowest BCUT2D eigenvalue weighted by Crippen LogP contribution is -2.51. The molecule has 3 aromatic rings. The van der Waals surface area contributed by atoms with Crippen molar-refractivity contribution >= 4 is 39.1 Å². The number of nitrogens with one attached hydrogen (secondary N) is 1. The zero-order valence-corrected chi connectivity index (χ0v) is 24.1. The molecule has 1 N–H and O–H groups in total. The minimum atomic E-state index is -4.15. The minimum absolute atomic E-state index is 0.00149. The van der Waals surface area contributed by atoms with E-state index in [1.165, 1.54) is 29.2 Å². The summed E-state index contributed by atoms with van der Waals surface area (Å²) in [4.78, 5) is 28.2. The molecule has 0 saturated carbocycles. The van der Waals surface area contributed by atoms with Gasteiger partial charge < -0.3 is 15.0 Å². The molecule has 0 fully saturated rings. The number of hydrogen-bond acceptors (Lipinski definition) is 5. The number of benzene rings is 3. The van der Waals surface area contributed by atoms with Crippen molar-refractivity contribution in [2.24, 2.45) is 0 Å². The first kappa shape index (κ1) is 30.0. The van der Waals surface area contributed by atoms with Crippen LogP contribution < -0.4 is 14.4 Å². The number of carbonyl (C=O) groups excluding carboxylic acids is 2. The normalized spacial score (nSPS) is 11.9. The molecule has 0 radical (unpaired) electrons. The van der Waals surface area contributed by atoms with E-state index < -0.39 is 28.5 Å². The molecule has 1 atom stereocenters. The lowest BCUT2D eigenvalue weighted by atomic mass is 10.1. The van der Waals surface area contributed by atoms with Crippen LogP contribution in [-0.2, 0) is 26.2 Å². The molecule has 0 aromatic heterocycles. The fraction of sp³-hybridized carbons (Fsp3) is 0.310. The molecular formula is C29H34ClN3O5S. The standard InChI is InChI=1S/C29H34ClN3O5S/c1-5-18-31-29(35)22(3)32(19-23-10-14-25(38-4)15-11-23)28(34)20-33(27-9-7-6-8-21(27)2)39(36,37)26-16-12-24(30)13-17-26/h6-17,22H,5,18-20H2,1-4H3,(H,31,35)/t22-/m1/s1. The van der Waals surface area contributed by atoms with Crippen LogP contribution in [0.1, 0.15) is 31.4 Å². The highest BCUT2D eigenvalue weighted by atomic mass is 35.5. The van der Waals surface area contributed by atoms with Gasteiger partial charge in [-0.05, 0) is 73.9 Å². The van der Waals surface area contributed by atoms with Crippen molar-refractivity contribution in [3.05, 3.63) is 88.9 Å². The van der Waals surface area contributed by atoms with Gasteiger partial charge in [-0.2, -0.15) is 0 Å². The second-order valence-electron chi connectivity index (χ2n) is 9.09. The lowest BCUT2D eigenvalue weighted by molar-refractivity contribution is -0.139. The van der Waals surface area contributed by atoms with E-state index in [4.69, 9.17) is 16.3 Å². The molecule has 0 bridgehead atoms. The summed E-state index contributed by atoms with van der Waals surface area (Å²) >= 11 is 5.99. The Morgan fingerprint density at radius 1 is 1.00 bits per heavy atom. The van der Waals surface area contributed by atoms with Crippen molar-refractivity contribution in [2.45, 2.75) is 44.7 Å². The molecule has 3 rings (SSSR count). The number of amides is 2. The van der Waals surface area contributed by atoms with Gasteiger partial charge in [0.1, 0.15) is 18.3 Å². The predicted octanol–water partition coefficient (Wildman–Crippen LogP) is 4.80. The molecule has 0 aliphatic rings. The number of rotatable bonds is 12. The number of para-hydroxylation sites is 1. The van der Waals surface area contributed by atoms with Gasteiger partial charge in [0.05, 0.1) is 17.7 Å². The van der Waals surface area contributed by atoms with Gasteiger partial charge in [0.2, 0.25) is 11.8 Å². The average Bonchev–Trinajstić information content (AvgIpc) is 2.93.